The van der Waals surface area contributed by atoms with Crippen molar-refractivity contribution in [2.24, 2.45) is 5.92 Å². The molecule has 1 aliphatic rings. The van der Waals surface area contributed by atoms with Gasteiger partial charge in [-0.25, -0.2) is 0 Å². The molecule has 2 rings (SSSR count). The maximum Gasteiger partial charge on any atom is 0.123 e. The molecule has 1 fully saturated rings. The molecule has 3 nitrogen and oxygen atoms in total. The molecular weight excluding hydrogens is 248 g/mol. The first-order valence-electron chi connectivity index (χ1n) is 8.02. The van der Waals surface area contributed by atoms with Gasteiger partial charge in [0.15, 0.2) is 0 Å². The molecule has 1 aromatic rings. The summed E-state index contributed by atoms with van der Waals surface area (Å²) in [6, 6.07) is 6.50. The molecule has 0 radical (unpaired) electrons. The molecule has 0 heterocycles. The predicted octanol–water partition coefficient (Wildman–Crippen LogP) is 4.44. The first-order valence-corrected chi connectivity index (χ1v) is 8.02. The normalized spacial score (nSPS) is 17.7. The van der Waals surface area contributed by atoms with Crippen molar-refractivity contribution in [2.45, 2.75) is 58.4 Å². The van der Waals surface area contributed by atoms with Gasteiger partial charge in [-0.1, -0.05) is 26.2 Å². The van der Waals surface area contributed by atoms with Gasteiger partial charge >= 0.3 is 0 Å². The Morgan fingerprint density at radius 3 is 2.60 bits per heavy atom. The van der Waals surface area contributed by atoms with Crippen LogP contribution in [0.3, 0.4) is 0 Å². The molecule has 1 aliphatic carbocycles. The Balaban J connectivity index is 2.06. The topological polar surface area (TPSA) is 47.3 Å². The van der Waals surface area contributed by atoms with Crippen molar-refractivity contribution >= 4 is 11.4 Å². The van der Waals surface area contributed by atoms with E-state index in [4.69, 9.17) is 10.5 Å². The summed E-state index contributed by atoms with van der Waals surface area (Å²) in [4.78, 5) is 0. The first kappa shape index (κ1) is 15.0. The molecule has 1 aromatic carbocycles. The van der Waals surface area contributed by atoms with Crippen LogP contribution in [0.1, 0.15) is 52.4 Å². The van der Waals surface area contributed by atoms with Gasteiger partial charge in [-0.2, -0.15) is 0 Å². The SMILES string of the molecule is CCOc1cc(N)cc(NC(CC)C2CCCCC2)c1. The van der Waals surface area contributed by atoms with Gasteiger partial charge in [0.25, 0.3) is 0 Å². The number of anilines is 2. The van der Waals surface area contributed by atoms with E-state index in [0.717, 1.165) is 29.5 Å². The molecule has 0 bridgehead atoms. The molecule has 0 amide bonds. The molecule has 0 aromatic heterocycles. The number of rotatable bonds is 6. The highest BCUT2D eigenvalue weighted by Crippen LogP contribution is 2.31. The second-order valence-electron chi connectivity index (χ2n) is 5.78. The number of hydrogen-bond acceptors (Lipinski definition) is 3. The van der Waals surface area contributed by atoms with Crippen LogP contribution in [0.25, 0.3) is 0 Å². The lowest BCUT2D eigenvalue weighted by Crippen LogP contribution is -2.30. The van der Waals surface area contributed by atoms with Gasteiger partial charge in [0.05, 0.1) is 6.61 Å². The van der Waals surface area contributed by atoms with Gasteiger partial charge in [0.2, 0.25) is 0 Å². The Morgan fingerprint density at radius 2 is 1.95 bits per heavy atom. The van der Waals surface area contributed by atoms with E-state index in [0.29, 0.717) is 12.6 Å². The van der Waals surface area contributed by atoms with Crippen LogP contribution in [-0.4, -0.2) is 12.6 Å². The van der Waals surface area contributed by atoms with Crippen molar-refractivity contribution in [1.82, 2.24) is 0 Å². The summed E-state index contributed by atoms with van der Waals surface area (Å²) in [5.74, 6) is 1.65. The predicted molar refractivity (Wildman–Crippen MR) is 86.3 cm³/mol. The summed E-state index contributed by atoms with van der Waals surface area (Å²) in [6.45, 7) is 4.93. The van der Waals surface area contributed by atoms with Gasteiger partial charge in [-0.15, -0.1) is 0 Å². The van der Waals surface area contributed by atoms with E-state index >= 15 is 0 Å². The average Bonchev–Trinajstić information content (AvgIpc) is 2.45. The Kier molecular flexibility index (Phi) is 5.57. The molecule has 1 unspecified atom stereocenters. The molecule has 1 atom stereocenters. The van der Waals surface area contributed by atoms with Crippen LogP contribution in [0.4, 0.5) is 11.4 Å². The molecule has 1 saturated carbocycles. The van der Waals surface area contributed by atoms with E-state index < -0.39 is 0 Å². The number of benzene rings is 1. The van der Waals surface area contributed by atoms with Gasteiger partial charge in [0.1, 0.15) is 5.75 Å². The van der Waals surface area contributed by atoms with E-state index in [-0.39, 0.29) is 0 Å². The highest BCUT2D eigenvalue weighted by molar-refractivity contribution is 5.59. The van der Waals surface area contributed by atoms with Crippen LogP contribution in [-0.2, 0) is 0 Å². The van der Waals surface area contributed by atoms with Crippen LogP contribution >= 0.6 is 0 Å². The Hall–Kier alpha value is -1.38. The Labute approximate surface area is 122 Å². The maximum atomic E-state index is 5.97. The van der Waals surface area contributed by atoms with E-state index in [9.17, 15) is 0 Å². The Bertz CT molecular complexity index is 413. The second-order valence-corrected chi connectivity index (χ2v) is 5.78. The first-order chi connectivity index (χ1) is 9.72. The fraction of sp³-hybridized carbons (Fsp3) is 0.647. The van der Waals surface area contributed by atoms with Crippen LogP contribution in [0, 0.1) is 5.92 Å². The minimum Gasteiger partial charge on any atom is -0.494 e. The van der Waals surface area contributed by atoms with E-state index in [2.05, 4.69) is 18.3 Å². The second kappa shape index (κ2) is 7.41. The summed E-state index contributed by atoms with van der Waals surface area (Å²) in [6.07, 6.45) is 8.02. The monoisotopic (exact) mass is 276 g/mol. The molecule has 3 N–H and O–H groups in total. The van der Waals surface area contributed by atoms with Gasteiger partial charge < -0.3 is 15.8 Å². The summed E-state index contributed by atoms with van der Waals surface area (Å²) in [7, 11) is 0. The average molecular weight is 276 g/mol. The van der Waals surface area contributed by atoms with E-state index in [1.807, 2.05) is 19.1 Å². The lowest BCUT2D eigenvalue weighted by molar-refractivity contribution is 0.312. The minimum absolute atomic E-state index is 0.548. The van der Waals surface area contributed by atoms with Crippen molar-refractivity contribution in [3.8, 4) is 5.75 Å². The van der Waals surface area contributed by atoms with Crippen molar-refractivity contribution in [3.05, 3.63) is 18.2 Å². The number of hydrogen-bond donors (Lipinski definition) is 2. The van der Waals surface area contributed by atoms with Gasteiger partial charge in [-0.05, 0) is 38.2 Å². The van der Waals surface area contributed by atoms with E-state index in [1.165, 1.54) is 32.1 Å². The summed E-state index contributed by atoms with van der Waals surface area (Å²) < 4.78 is 5.57. The van der Waals surface area contributed by atoms with Gasteiger partial charge in [0, 0.05) is 29.5 Å². The van der Waals surface area contributed by atoms with Crippen LogP contribution in [0.2, 0.25) is 0 Å². The van der Waals surface area contributed by atoms with Gasteiger partial charge in [-0.3, -0.25) is 0 Å². The fourth-order valence-electron chi connectivity index (χ4n) is 3.26. The number of ether oxygens (including phenoxy) is 1. The fourth-order valence-corrected chi connectivity index (χ4v) is 3.26. The van der Waals surface area contributed by atoms with Crippen molar-refractivity contribution in [1.29, 1.82) is 0 Å². The van der Waals surface area contributed by atoms with Crippen molar-refractivity contribution < 1.29 is 4.74 Å². The molecule has 3 heteroatoms. The lowest BCUT2D eigenvalue weighted by Gasteiger charge is -2.31. The molecule has 0 spiro atoms. The standard InChI is InChI=1S/C17H28N2O/c1-3-17(13-8-6-5-7-9-13)19-15-10-14(18)11-16(12-15)20-4-2/h10-13,17,19H,3-9,18H2,1-2H3. The largest absolute Gasteiger partial charge is 0.494 e. The van der Waals surface area contributed by atoms with Crippen molar-refractivity contribution in [2.75, 3.05) is 17.7 Å². The number of nitrogens with one attached hydrogen (secondary N) is 1. The zero-order valence-electron chi connectivity index (χ0n) is 12.8. The maximum absolute atomic E-state index is 5.97. The molecule has 112 valence electrons. The molecular formula is C17H28N2O. The van der Waals surface area contributed by atoms with Crippen LogP contribution in [0.5, 0.6) is 5.75 Å². The van der Waals surface area contributed by atoms with E-state index in [1.54, 1.807) is 0 Å². The third kappa shape index (κ3) is 4.06. The molecule has 0 aliphatic heterocycles. The van der Waals surface area contributed by atoms with Crippen molar-refractivity contribution in [3.63, 3.8) is 0 Å². The zero-order valence-corrected chi connectivity index (χ0v) is 12.8. The summed E-state index contributed by atoms with van der Waals surface area (Å²) in [5, 5.41) is 3.68. The minimum atomic E-state index is 0.548. The lowest BCUT2D eigenvalue weighted by atomic mass is 9.83. The number of nitrogens with two attached hydrogens (primary N) is 1. The third-order valence-corrected chi connectivity index (χ3v) is 4.25. The highest BCUT2D eigenvalue weighted by atomic mass is 16.5. The smallest absolute Gasteiger partial charge is 0.123 e. The summed E-state index contributed by atoms with van der Waals surface area (Å²) in [5.41, 5.74) is 7.82. The third-order valence-electron chi connectivity index (χ3n) is 4.25. The quantitative estimate of drug-likeness (QED) is 0.755. The van der Waals surface area contributed by atoms with Crippen LogP contribution < -0.4 is 15.8 Å². The Morgan fingerprint density at radius 1 is 1.20 bits per heavy atom. The van der Waals surface area contributed by atoms with Crippen LogP contribution in [0.15, 0.2) is 18.2 Å². The summed E-state index contributed by atoms with van der Waals surface area (Å²) >= 11 is 0. The number of nitrogen functional groups attached to an aromatic ring is 1. The highest BCUT2D eigenvalue weighted by Gasteiger charge is 2.22. The molecule has 20 heavy (non-hydrogen) atoms. The molecule has 0 saturated heterocycles. The zero-order chi connectivity index (χ0) is 14.4.